The number of carbonyl (C=O) groups excluding carboxylic acids is 1. The molecule has 106 valence electrons. The zero-order chi connectivity index (χ0) is 14.3. The second kappa shape index (κ2) is 4.59. The summed E-state index contributed by atoms with van der Waals surface area (Å²) < 4.78 is 1.85. The predicted octanol–water partition coefficient (Wildman–Crippen LogP) is 1.44. The molecule has 2 unspecified atom stereocenters. The van der Waals surface area contributed by atoms with Gasteiger partial charge in [0.2, 0.25) is 0 Å². The fraction of sp³-hybridized carbons (Fsp3) is 0.467. The number of amides is 1. The summed E-state index contributed by atoms with van der Waals surface area (Å²) in [6, 6.07) is 5.88. The molecule has 2 aromatic rings. The second-order valence-corrected chi connectivity index (χ2v) is 6.11. The van der Waals surface area contributed by atoms with Crippen molar-refractivity contribution in [3.63, 3.8) is 0 Å². The Hall–Kier alpha value is -1.88. The first-order chi connectivity index (χ1) is 9.52. The van der Waals surface area contributed by atoms with Gasteiger partial charge in [-0.15, -0.1) is 0 Å². The fourth-order valence-corrected chi connectivity index (χ4v) is 2.94. The molecule has 0 saturated heterocycles. The van der Waals surface area contributed by atoms with Crippen molar-refractivity contribution in [1.29, 1.82) is 0 Å². The van der Waals surface area contributed by atoms with E-state index in [1.54, 1.807) is 6.20 Å². The van der Waals surface area contributed by atoms with Crippen LogP contribution in [-0.4, -0.2) is 27.9 Å². The van der Waals surface area contributed by atoms with Gasteiger partial charge in [0.25, 0.3) is 5.91 Å². The molecule has 0 bridgehead atoms. The van der Waals surface area contributed by atoms with Gasteiger partial charge in [-0.05, 0) is 36.4 Å². The van der Waals surface area contributed by atoms with Crippen molar-refractivity contribution < 1.29 is 4.79 Å². The summed E-state index contributed by atoms with van der Waals surface area (Å²) in [5.41, 5.74) is 7.04. The predicted molar refractivity (Wildman–Crippen MR) is 77.4 cm³/mol. The number of fused-ring (bicyclic) bond motifs is 1. The molecule has 2 heterocycles. The first kappa shape index (κ1) is 13.1. The molecule has 0 aromatic carbocycles. The minimum absolute atomic E-state index is 0.0591. The molecule has 0 radical (unpaired) electrons. The molecular weight excluding hydrogens is 252 g/mol. The van der Waals surface area contributed by atoms with Gasteiger partial charge < -0.3 is 15.5 Å². The first-order valence-corrected chi connectivity index (χ1v) is 6.97. The zero-order valence-electron chi connectivity index (χ0n) is 11.8. The Morgan fingerprint density at radius 2 is 2.35 bits per heavy atom. The minimum atomic E-state index is -0.109. The Labute approximate surface area is 118 Å². The highest BCUT2D eigenvalue weighted by atomic mass is 16.2. The summed E-state index contributed by atoms with van der Waals surface area (Å²) in [5, 5.41) is 3.08. The third kappa shape index (κ3) is 1.98. The Morgan fingerprint density at radius 1 is 1.55 bits per heavy atom. The third-order valence-corrected chi connectivity index (χ3v) is 4.66. The van der Waals surface area contributed by atoms with E-state index >= 15 is 0 Å². The van der Waals surface area contributed by atoms with E-state index in [1.807, 2.05) is 28.8 Å². The minimum Gasteiger partial charge on any atom is -0.347 e. The lowest BCUT2D eigenvalue weighted by atomic mass is 9.58. The average molecular weight is 272 g/mol. The number of nitrogens with zero attached hydrogens (tertiary/aromatic N) is 2. The van der Waals surface area contributed by atoms with E-state index in [9.17, 15) is 4.79 Å². The lowest BCUT2D eigenvalue weighted by Crippen LogP contribution is -2.60. The maximum atomic E-state index is 12.3. The molecule has 0 aliphatic heterocycles. The van der Waals surface area contributed by atoms with Crippen LogP contribution in [0.15, 0.2) is 30.6 Å². The molecule has 20 heavy (non-hydrogen) atoms. The topological polar surface area (TPSA) is 72.4 Å². The molecule has 3 rings (SSSR count). The summed E-state index contributed by atoms with van der Waals surface area (Å²) in [4.78, 5) is 16.6. The maximum Gasteiger partial charge on any atom is 0.271 e. The lowest BCUT2D eigenvalue weighted by Gasteiger charge is -2.52. The number of hydrogen-bond acceptors (Lipinski definition) is 3. The number of rotatable bonds is 3. The van der Waals surface area contributed by atoms with Gasteiger partial charge in [-0.3, -0.25) is 4.79 Å². The molecule has 1 aliphatic carbocycles. The molecule has 3 N–H and O–H groups in total. The molecule has 1 aliphatic rings. The van der Waals surface area contributed by atoms with E-state index in [0.29, 0.717) is 18.2 Å². The standard InChI is InChI=1S/C15H20N4O/c1-15(2)10(8-16)7-12(15)18-14(20)11-9-19-6-4-3-5-13(19)17-11/h3-6,9-10,12H,7-8,16H2,1-2H3,(H,18,20). The van der Waals surface area contributed by atoms with Crippen LogP contribution in [0.25, 0.3) is 5.65 Å². The maximum absolute atomic E-state index is 12.3. The van der Waals surface area contributed by atoms with Crippen molar-refractivity contribution in [3.05, 3.63) is 36.3 Å². The van der Waals surface area contributed by atoms with E-state index in [0.717, 1.165) is 12.1 Å². The van der Waals surface area contributed by atoms with Gasteiger partial charge in [0, 0.05) is 18.4 Å². The smallest absolute Gasteiger partial charge is 0.271 e. The van der Waals surface area contributed by atoms with Crippen molar-refractivity contribution in [1.82, 2.24) is 14.7 Å². The molecule has 1 fully saturated rings. The molecular formula is C15H20N4O. The second-order valence-electron chi connectivity index (χ2n) is 6.11. The van der Waals surface area contributed by atoms with E-state index in [1.165, 1.54) is 0 Å². The summed E-state index contributed by atoms with van der Waals surface area (Å²) in [5.74, 6) is 0.371. The van der Waals surface area contributed by atoms with Crippen molar-refractivity contribution in [2.75, 3.05) is 6.54 Å². The monoisotopic (exact) mass is 272 g/mol. The molecule has 0 spiro atoms. The molecule has 5 nitrogen and oxygen atoms in total. The van der Waals surface area contributed by atoms with Crippen molar-refractivity contribution in [2.45, 2.75) is 26.3 Å². The Bertz CT molecular complexity index is 613. The number of aromatic nitrogens is 2. The first-order valence-electron chi connectivity index (χ1n) is 6.97. The molecule has 5 heteroatoms. The van der Waals surface area contributed by atoms with E-state index in [-0.39, 0.29) is 17.4 Å². The molecule has 1 amide bonds. The van der Waals surface area contributed by atoms with Crippen LogP contribution in [-0.2, 0) is 0 Å². The largest absolute Gasteiger partial charge is 0.347 e. The van der Waals surface area contributed by atoms with Crippen LogP contribution in [0.2, 0.25) is 0 Å². The summed E-state index contributed by atoms with van der Waals surface area (Å²) in [6.45, 7) is 4.99. The van der Waals surface area contributed by atoms with Gasteiger partial charge in [0.15, 0.2) is 0 Å². The van der Waals surface area contributed by atoms with Crippen LogP contribution < -0.4 is 11.1 Å². The highest BCUT2D eigenvalue weighted by molar-refractivity contribution is 5.93. The van der Waals surface area contributed by atoms with Crippen molar-refractivity contribution in [2.24, 2.45) is 17.1 Å². The SMILES string of the molecule is CC1(C)C(CN)CC1NC(=O)c1cn2ccccc2n1. The lowest BCUT2D eigenvalue weighted by molar-refractivity contribution is 0.0198. The van der Waals surface area contributed by atoms with Crippen LogP contribution in [0.4, 0.5) is 0 Å². The van der Waals surface area contributed by atoms with Gasteiger partial charge in [0.1, 0.15) is 11.3 Å². The van der Waals surface area contributed by atoms with Gasteiger partial charge in [-0.1, -0.05) is 19.9 Å². The summed E-state index contributed by atoms with van der Waals surface area (Å²) >= 11 is 0. The van der Waals surface area contributed by atoms with Crippen LogP contribution in [0.1, 0.15) is 30.8 Å². The van der Waals surface area contributed by atoms with Gasteiger partial charge >= 0.3 is 0 Å². The van der Waals surface area contributed by atoms with Crippen LogP contribution in [0.5, 0.6) is 0 Å². The summed E-state index contributed by atoms with van der Waals surface area (Å²) in [6.07, 6.45) is 4.59. The normalized spacial score (nSPS) is 24.4. The van der Waals surface area contributed by atoms with Gasteiger partial charge in [0.05, 0.1) is 0 Å². The van der Waals surface area contributed by atoms with Crippen LogP contribution in [0, 0.1) is 11.3 Å². The zero-order valence-corrected chi connectivity index (χ0v) is 11.8. The number of nitrogens with two attached hydrogens (primary N) is 1. The van der Waals surface area contributed by atoms with E-state index in [2.05, 4.69) is 24.1 Å². The van der Waals surface area contributed by atoms with Gasteiger partial charge in [-0.2, -0.15) is 0 Å². The molecule has 1 saturated carbocycles. The number of nitrogens with one attached hydrogen (secondary N) is 1. The van der Waals surface area contributed by atoms with Crippen molar-refractivity contribution >= 4 is 11.6 Å². The Kier molecular flexibility index (Phi) is 3.01. The fourth-order valence-electron chi connectivity index (χ4n) is 2.94. The Balaban J connectivity index is 1.74. The number of pyridine rings is 1. The number of hydrogen-bond donors (Lipinski definition) is 2. The van der Waals surface area contributed by atoms with Crippen molar-refractivity contribution in [3.8, 4) is 0 Å². The van der Waals surface area contributed by atoms with Gasteiger partial charge in [-0.25, -0.2) is 4.98 Å². The Morgan fingerprint density at radius 3 is 3.00 bits per heavy atom. The van der Waals surface area contributed by atoms with E-state index in [4.69, 9.17) is 5.73 Å². The summed E-state index contributed by atoms with van der Waals surface area (Å²) in [7, 11) is 0. The average Bonchev–Trinajstić information content (AvgIpc) is 2.86. The quantitative estimate of drug-likeness (QED) is 0.888. The molecule has 2 atom stereocenters. The number of carbonyl (C=O) groups is 1. The highest BCUT2D eigenvalue weighted by Gasteiger charge is 2.47. The number of imidazole rings is 1. The molecule has 2 aromatic heterocycles. The highest BCUT2D eigenvalue weighted by Crippen LogP contribution is 2.45. The van der Waals surface area contributed by atoms with Crippen LogP contribution >= 0.6 is 0 Å². The third-order valence-electron chi connectivity index (χ3n) is 4.66. The van der Waals surface area contributed by atoms with Crippen LogP contribution in [0.3, 0.4) is 0 Å². The van der Waals surface area contributed by atoms with E-state index < -0.39 is 0 Å².